The molecule has 1 saturated heterocycles. The van der Waals surface area contributed by atoms with E-state index in [0.717, 1.165) is 13.0 Å². The summed E-state index contributed by atoms with van der Waals surface area (Å²) in [5.41, 5.74) is 2.89. The SMILES string of the molecule is OCC1CCN2c3ccccc3CCC12. The number of nitrogens with zero attached hydrogens (tertiary/aromatic N) is 1. The molecule has 2 nitrogen and oxygen atoms in total. The van der Waals surface area contributed by atoms with Gasteiger partial charge in [0.2, 0.25) is 0 Å². The van der Waals surface area contributed by atoms with E-state index in [1.165, 1.54) is 24.1 Å². The lowest BCUT2D eigenvalue weighted by Gasteiger charge is -2.35. The minimum Gasteiger partial charge on any atom is -0.396 e. The maximum Gasteiger partial charge on any atom is 0.0479 e. The third kappa shape index (κ3) is 1.36. The molecule has 0 radical (unpaired) electrons. The summed E-state index contributed by atoms with van der Waals surface area (Å²) in [7, 11) is 0. The molecule has 2 heterocycles. The fourth-order valence-corrected chi connectivity index (χ4v) is 3.13. The highest BCUT2D eigenvalue weighted by atomic mass is 16.3. The van der Waals surface area contributed by atoms with Gasteiger partial charge in [-0.15, -0.1) is 0 Å². The van der Waals surface area contributed by atoms with Crippen LogP contribution in [0.1, 0.15) is 18.4 Å². The van der Waals surface area contributed by atoms with Gasteiger partial charge in [-0.1, -0.05) is 18.2 Å². The zero-order chi connectivity index (χ0) is 10.3. The number of aliphatic hydroxyl groups is 1. The lowest BCUT2D eigenvalue weighted by molar-refractivity contribution is 0.213. The predicted molar refractivity (Wildman–Crippen MR) is 61.1 cm³/mol. The van der Waals surface area contributed by atoms with E-state index in [1.54, 1.807) is 0 Å². The summed E-state index contributed by atoms with van der Waals surface area (Å²) in [6.45, 7) is 1.47. The van der Waals surface area contributed by atoms with E-state index in [-0.39, 0.29) is 0 Å². The molecule has 0 saturated carbocycles. The first-order valence-corrected chi connectivity index (χ1v) is 5.85. The van der Waals surface area contributed by atoms with Gasteiger partial charge in [-0.3, -0.25) is 0 Å². The van der Waals surface area contributed by atoms with Crippen molar-refractivity contribution in [3.8, 4) is 0 Å². The largest absolute Gasteiger partial charge is 0.396 e. The monoisotopic (exact) mass is 203 g/mol. The number of hydrogen-bond donors (Lipinski definition) is 1. The highest BCUT2D eigenvalue weighted by Gasteiger charge is 2.36. The molecule has 2 unspecified atom stereocenters. The van der Waals surface area contributed by atoms with Gasteiger partial charge in [0, 0.05) is 30.8 Å². The molecule has 2 aliphatic heterocycles. The lowest BCUT2D eigenvalue weighted by atomic mass is 9.91. The van der Waals surface area contributed by atoms with Crippen LogP contribution in [0.4, 0.5) is 5.69 Å². The third-order valence-electron chi connectivity index (χ3n) is 3.93. The van der Waals surface area contributed by atoms with Crippen molar-refractivity contribution in [1.29, 1.82) is 0 Å². The molecule has 0 aromatic heterocycles. The molecule has 1 aromatic carbocycles. The van der Waals surface area contributed by atoms with Crippen LogP contribution in [-0.2, 0) is 6.42 Å². The summed E-state index contributed by atoms with van der Waals surface area (Å²) in [5.74, 6) is 0.498. The quantitative estimate of drug-likeness (QED) is 0.752. The Bertz CT molecular complexity index is 363. The zero-order valence-corrected chi connectivity index (χ0v) is 8.89. The Balaban J connectivity index is 1.96. The second-order valence-electron chi connectivity index (χ2n) is 4.66. The van der Waals surface area contributed by atoms with Crippen LogP contribution in [0, 0.1) is 5.92 Å². The Kier molecular flexibility index (Phi) is 2.17. The minimum absolute atomic E-state index is 0.351. The molecule has 1 fully saturated rings. The summed E-state index contributed by atoms with van der Waals surface area (Å²) in [6, 6.07) is 9.29. The van der Waals surface area contributed by atoms with Crippen LogP contribution >= 0.6 is 0 Å². The van der Waals surface area contributed by atoms with E-state index in [0.29, 0.717) is 18.6 Å². The summed E-state index contributed by atoms with van der Waals surface area (Å²) in [5, 5.41) is 9.33. The third-order valence-corrected chi connectivity index (χ3v) is 3.93. The van der Waals surface area contributed by atoms with E-state index in [4.69, 9.17) is 0 Å². The van der Waals surface area contributed by atoms with E-state index < -0.39 is 0 Å². The van der Waals surface area contributed by atoms with Crippen LogP contribution in [0.25, 0.3) is 0 Å². The number of aryl methyl sites for hydroxylation is 1. The number of rotatable bonds is 1. The maximum atomic E-state index is 9.33. The molecule has 2 atom stereocenters. The van der Waals surface area contributed by atoms with Crippen molar-refractivity contribution in [2.75, 3.05) is 18.1 Å². The molecule has 0 bridgehead atoms. The first-order chi connectivity index (χ1) is 7.40. The highest BCUT2D eigenvalue weighted by Crippen LogP contribution is 2.38. The van der Waals surface area contributed by atoms with Gasteiger partial charge in [0.25, 0.3) is 0 Å². The van der Waals surface area contributed by atoms with Crippen molar-refractivity contribution < 1.29 is 5.11 Å². The van der Waals surface area contributed by atoms with Crippen LogP contribution < -0.4 is 4.90 Å². The Hall–Kier alpha value is -1.02. The predicted octanol–water partition coefficient (Wildman–Crippen LogP) is 1.82. The van der Waals surface area contributed by atoms with E-state index >= 15 is 0 Å². The average molecular weight is 203 g/mol. The first kappa shape index (κ1) is 9.22. The van der Waals surface area contributed by atoms with Gasteiger partial charge < -0.3 is 10.0 Å². The molecule has 1 N–H and O–H groups in total. The molecule has 0 aliphatic carbocycles. The molecule has 3 rings (SSSR count). The van der Waals surface area contributed by atoms with Crippen LogP contribution in [-0.4, -0.2) is 24.3 Å². The van der Waals surface area contributed by atoms with Crippen molar-refractivity contribution in [2.45, 2.75) is 25.3 Å². The summed E-state index contributed by atoms with van der Waals surface area (Å²) in [6.07, 6.45) is 3.53. The van der Waals surface area contributed by atoms with Gasteiger partial charge in [0.1, 0.15) is 0 Å². The lowest BCUT2D eigenvalue weighted by Crippen LogP contribution is -2.37. The number of hydrogen-bond acceptors (Lipinski definition) is 2. The number of aliphatic hydroxyl groups excluding tert-OH is 1. The van der Waals surface area contributed by atoms with Crippen molar-refractivity contribution in [3.05, 3.63) is 29.8 Å². The van der Waals surface area contributed by atoms with Crippen LogP contribution in [0.5, 0.6) is 0 Å². The van der Waals surface area contributed by atoms with Crippen molar-refractivity contribution >= 4 is 5.69 Å². The molecule has 2 aliphatic rings. The fraction of sp³-hybridized carbons (Fsp3) is 0.538. The summed E-state index contributed by atoms with van der Waals surface area (Å²) >= 11 is 0. The number of fused-ring (bicyclic) bond motifs is 3. The molecule has 15 heavy (non-hydrogen) atoms. The topological polar surface area (TPSA) is 23.5 Å². The highest BCUT2D eigenvalue weighted by molar-refractivity contribution is 5.57. The smallest absolute Gasteiger partial charge is 0.0479 e. The first-order valence-electron chi connectivity index (χ1n) is 5.85. The molecule has 2 heteroatoms. The zero-order valence-electron chi connectivity index (χ0n) is 8.89. The molecular formula is C13H17NO. The van der Waals surface area contributed by atoms with Crippen molar-refractivity contribution in [3.63, 3.8) is 0 Å². The Morgan fingerprint density at radius 1 is 1.27 bits per heavy atom. The number of benzene rings is 1. The van der Waals surface area contributed by atoms with Gasteiger partial charge in [-0.05, 0) is 30.9 Å². The molecule has 0 spiro atoms. The second kappa shape index (κ2) is 3.53. The Morgan fingerprint density at radius 3 is 3.00 bits per heavy atom. The second-order valence-corrected chi connectivity index (χ2v) is 4.66. The van der Waals surface area contributed by atoms with Crippen LogP contribution in [0.2, 0.25) is 0 Å². The van der Waals surface area contributed by atoms with Crippen molar-refractivity contribution in [1.82, 2.24) is 0 Å². The Morgan fingerprint density at radius 2 is 2.13 bits per heavy atom. The van der Waals surface area contributed by atoms with Gasteiger partial charge in [-0.25, -0.2) is 0 Å². The number of para-hydroxylation sites is 1. The molecule has 80 valence electrons. The summed E-state index contributed by atoms with van der Waals surface area (Å²) < 4.78 is 0. The average Bonchev–Trinajstić information content (AvgIpc) is 2.72. The van der Waals surface area contributed by atoms with Gasteiger partial charge in [0.05, 0.1) is 0 Å². The van der Waals surface area contributed by atoms with Gasteiger partial charge in [-0.2, -0.15) is 0 Å². The minimum atomic E-state index is 0.351. The molecule has 0 amide bonds. The standard InChI is InChI=1S/C13H17NO/c15-9-11-7-8-14-12-4-2-1-3-10(12)5-6-13(11)14/h1-4,11,13,15H,5-9H2. The van der Waals surface area contributed by atoms with E-state index in [1.807, 2.05) is 0 Å². The normalized spacial score (nSPS) is 28.7. The fourth-order valence-electron chi connectivity index (χ4n) is 3.13. The maximum absolute atomic E-state index is 9.33. The van der Waals surface area contributed by atoms with Gasteiger partial charge in [0.15, 0.2) is 0 Å². The van der Waals surface area contributed by atoms with Gasteiger partial charge >= 0.3 is 0 Å². The molecule has 1 aromatic rings. The van der Waals surface area contributed by atoms with Crippen LogP contribution in [0.15, 0.2) is 24.3 Å². The summed E-state index contributed by atoms with van der Waals surface area (Å²) in [4.78, 5) is 2.50. The Labute approximate surface area is 90.5 Å². The molecular weight excluding hydrogens is 186 g/mol. The van der Waals surface area contributed by atoms with E-state index in [2.05, 4.69) is 29.2 Å². The number of anilines is 1. The van der Waals surface area contributed by atoms with Crippen LogP contribution in [0.3, 0.4) is 0 Å². The van der Waals surface area contributed by atoms with E-state index in [9.17, 15) is 5.11 Å². The van der Waals surface area contributed by atoms with Crippen molar-refractivity contribution in [2.24, 2.45) is 5.92 Å².